The van der Waals surface area contributed by atoms with Gasteiger partial charge in [0.15, 0.2) is 17.5 Å². The van der Waals surface area contributed by atoms with Crippen LogP contribution < -0.4 is 5.32 Å². The number of nitrogens with zero attached hydrogens (tertiary/aromatic N) is 1. The van der Waals surface area contributed by atoms with Crippen molar-refractivity contribution in [2.45, 2.75) is 6.42 Å². The van der Waals surface area contributed by atoms with E-state index >= 15 is 0 Å². The number of carbonyl (C=O) groups is 4. The summed E-state index contributed by atoms with van der Waals surface area (Å²) < 4.78 is 9.56. The molecule has 3 rings (SSSR count). The van der Waals surface area contributed by atoms with Crippen molar-refractivity contribution in [1.82, 2.24) is 4.98 Å². The molecule has 0 aliphatic rings. The van der Waals surface area contributed by atoms with E-state index in [0.29, 0.717) is 16.8 Å². The van der Waals surface area contributed by atoms with Crippen LogP contribution in [0.1, 0.15) is 32.0 Å². The van der Waals surface area contributed by atoms with Crippen LogP contribution in [0.3, 0.4) is 0 Å². The van der Waals surface area contributed by atoms with Crippen LogP contribution in [0, 0.1) is 0 Å². The number of ether oxygens (including phenoxy) is 2. The van der Waals surface area contributed by atoms with Gasteiger partial charge in [0.1, 0.15) is 0 Å². The fourth-order valence-electron chi connectivity index (χ4n) is 2.55. The van der Waals surface area contributed by atoms with Crippen molar-refractivity contribution in [3.05, 3.63) is 82.4 Å². The van der Waals surface area contributed by atoms with E-state index in [-0.39, 0.29) is 22.9 Å². The standard InChI is InChI=1S/C22H18N2O6S/c1-29-19(26)11-17-13-31-22(23-17)24-18(25)12-30-21(28)16-9-7-15(8-10-16)20(27)14-5-3-2-4-6-14/h2-10,13H,11-12H2,1H3,(H,23,24,25). The first-order valence-corrected chi connectivity index (χ1v) is 10.0. The predicted molar refractivity (Wildman–Crippen MR) is 113 cm³/mol. The molecule has 0 unspecified atom stereocenters. The summed E-state index contributed by atoms with van der Waals surface area (Å²) in [4.78, 5) is 51.9. The van der Waals surface area contributed by atoms with Crippen molar-refractivity contribution < 1.29 is 28.7 Å². The van der Waals surface area contributed by atoms with E-state index in [1.165, 1.54) is 31.4 Å². The lowest BCUT2D eigenvalue weighted by molar-refractivity contribution is -0.139. The fourth-order valence-corrected chi connectivity index (χ4v) is 3.28. The van der Waals surface area contributed by atoms with Crippen LogP contribution in [0.5, 0.6) is 0 Å². The second-order valence-electron chi connectivity index (χ2n) is 6.29. The average molecular weight is 438 g/mol. The van der Waals surface area contributed by atoms with E-state index in [2.05, 4.69) is 15.0 Å². The van der Waals surface area contributed by atoms with Crippen molar-refractivity contribution in [3.8, 4) is 0 Å². The van der Waals surface area contributed by atoms with Crippen molar-refractivity contribution in [3.63, 3.8) is 0 Å². The van der Waals surface area contributed by atoms with E-state index in [0.717, 1.165) is 11.3 Å². The van der Waals surface area contributed by atoms with Gasteiger partial charge < -0.3 is 9.47 Å². The Morgan fingerprint density at radius 3 is 2.26 bits per heavy atom. The van der Waals surface area contributed by atoms with Crippen molar-refractivity contribution >= 4 is 40.1 Å². The molecule has 0 radical (unpaired) electrons. The van der Waals surface area contributed by atoms with Gasteiger partial charge in [0.25, 0.3) is 5.91 Å². The van der Waals surface area contributed by atoms with Gasteiger partial charge in [-0.3, -0.25) is 19.7 Å². The molecule has 0 aliphatic heterocycles. The van der Waals surface area contributed by atoms with E-state index in [1.807, 2.05) is 6.07 Å². The molecule has 3 aromatic rings. The Bertz CT molecular complexity index is 1090. The largest absolute Gasteiger partial charge is 0.469 e. The molecule has 0 fully saturated rings. The zero-order valence-corrected chi connectivity index (χ0v) is 17.3. The van der Waals surface area contributed by atoms with E-state index < -0.39 is 24.5 Å². The van der Waals surface area contributed by atoms with Crippen LogP contribution in [0.15, 0.2) is 60.0 Å². The number of carbonyl (C=O) groups excluding carboxylic acids is 4. The Hall–Kier alpha value is -3.85. The number of esters is 2. The first-order valence-electron chi connectivity index (χ1n) is 9.14. The van der Waals surface area contributed by atoms with Crippen LogP contribution in [0.25, 0.3) is 0 Å². The van der Waals surface area contributed by atoms with Crippen molar-refractivity contribution in [2.24, 2.45) is 0 Å². The van der Waals surface area contributed by atoms with Gasteiger partial charge in [0.2, 0.25) is 0 Å². The highest BCUT2D eigenvalue weighted by atomic mass is 32.1. The smallest absolute Gasteiger partial charge is 0.338 e. The number of aromatic nitrogens is 1. The lowest BCUT2D eigenvalue weighted by Crippen LogP contribution is -2.21. The average Bonchev–Trinajstić information content (AvgIpc) is 3.23. The minimum Gasteiger partial charge on any atom is -0.469 e. The number of rotatable bonds is 8. The van der Waals surface area contributed by atoms with Crippen LogP contribution in [-0.2, 0) is 25.5 Å². The molecule has 0 saturated heterocycles. The zero-order valence-electron chi connectivity index (χ0n) is 16.5. The molecule has 31 heavy (non-hydrogen) atoms. The maximum Gasteiger partial charge on any atom is 0.338 e. The summed E-state index contributed by atoms with van der Waals surface area (Å²) in [5, 5.41) is 4.40. The summed E-state index contributed by atoms with van der Waals surface area (Å²) in [6.07, 6.45) is 0.000622. The highest BCUT2D eigenvalue weighted by Crippen LogP contribution is 2.16. The predicted octanol–water partition coefficient (Wildman–Crippen LogP) is 2.89. The topological polar surface area (TPSA) is 112 Å². The minimum atomic E-state index is -0.695. The van der Waals surface area contributed by atoms with Crippen molar-refractivity contribution in [2.75, 3.05) is 19.0 Å². The maximum atomic E-state index is 12.4. The Kier molecular flexibility index (Phi) is 7.23. The summed E-state index contributed by atoms with van der Waals surface area (Å²) >= 11 is 1.14. The molecule has 0 aliphatic carbocycles. The number of thiazole rings is 1. The van der Waals surface area contributed by atoms with Gasteiger partial charge >= 0.3 is 11.9 Å². The molecule has 2 aromatic carbocycles. The van der Waals surface area contributed by atoms with Crippen LogP contribution in [0.2, 0.25) is 0 Å². The quantitative estimate of drug-likeness (QED) is 0.425. The molecule has 8 nitrogen and oxygen atoms in total. The number of hydrogen-bond acceptors (Lipinski definition) is 8. The molecule has 1 aromatic heterocycles. The molecule has 1 heterocycles. The zero-order chi connectivity index (χ0) is 22.2. The maximum absolute atomic E-state index is 12.4. The molecule has 1 amide bonds. The van der Waals surface area contributed by atoms with Crippen molar-refractivity contribution in [1.29, 1.82) is 0 Å². The number of ketones is 1. The van der Waals surface area contributed by atoms with Gasteiger partial charge in [-0.25, -0.2) is 9.78 Å². The number of nitrogens with one attached hydrogen (secondary N) is 1. The first kappa shape index (κ1) is 21.8. The third-order valence-corrected chi connectivity index (χ3v) is 4.91. The molecule has 1 N–H and O–H groups in total. The van der Waals surface area contributed by atoms with Gasteiger partial charge in [0, 0.05) is 16.5 Å². The highest BCUT2D eigenvalue weighted by Gasteiger charge is 2.14. The fraction of sp³-hybridized carbons (Fsp3) is 0.136. The Morgan fingerprint density at radius 2 is 1.58 bits per heavy atom. The Labute approximate surface area is 181 Å². The first-order chi connectivity index (χ1) is 15.0. The minimum absolute atomic E-state index is 0.000622. The SMILES string of the molecule is COC(=O)Cc1csc(NC(=O)COC(=O)c2ccc(C(=O)c3ccccc3)cc2)n1. The molecule has 0 saturated carbocycles. The summed E-state index contributed by atoms with van der Waals surface area (Å²) in [5.41, 5.74) is 1.67. The number of methoxy groups -OCH3 is 1. The van der Waals surface area contributed by atoms with Crippen LogP contribution >= 0.6 is 11.3 Å². The number of benzene rings is 2. The lowest BCUT2D eigenvalue weighted by Gasteiger charge is -2.06. The summed E-state index contributed by atoms with van der Waals surface area (Å²) in [6, 6.07) is 14.8. The monoisotopic (exact) mass is 438 g/mol. The number of amides is 1. The van der Waals surface area contributed by atoms with E-state index in [4.69, 9.17) is 4.74 Å². The Balaban J connectivity index is 1.50. The van der Waals surface area contributed by atoms with Gasteiger partial charge in [-0.05, 0) is 12.1 Å². The van der Waals surface area contributed by atoms with E-state index in [9.17, 15) is 19.2 Å². The second-order valence-corrected chi connectivity index (χ2v) is 7.15. The molecule has 0 atom stereocenters. The molecule has 0 spiro atoms. The second kappa shape index (κ2) is 10.3. The van der Waals surface area contributed by atoms with Gasteiger partial charge in [-0.2, -0.15) is 0 Å². The highest BCUT2D eigenvalue weighted by molar-refractivity contribution is 7.13. The third kappa shape index (κ3) is 6.06. The summed E-state index contributed by atoms with van der Waals surface area (Å²) in [5.74, 6) is -1.86. The van der Waals surface area contributed by atoms with Gasteiger partial charge in [-0.15, -0.1) is 11.3 Å². The van der Waals surface area contributed by atoms with Gasteiger partial charge in [0.05, 0.1) is 24.8 Å². The summed E-state index contributed by atoms with van der Waals surface area (Å²) in [6.45, 7) is -0.505. The summed E-state index contributed by atoms with van der Waals surface area (Å²) in [7, 11) is 1.28. The molecule has 158 valence electrons. The van der Waals surface area contributed by atoms with Crippen LogP contribution in [-0.4, -0.2) is 42.3 Å². The number of anilines is 1. The van der Waals surface area contributed by atoms with Crippen LogP contribution in [0.4, 0.5) is 5.13 Å². The lowest BCUT2D eigenvalue weighted by atomic mass is 10.0. The third-order valence-electron chi connectivity index (χ3n) is 4.10. The molecule has 0 bridgehead atoms. The van der Waals surface area contributed by atoms with Gasteiger partial charge in [-0.1, -0.05) is 42.5 Å². The van der Waals surface area contributed by atoms with E-state index in [1.54, 1.807) is 29.6 Å². The molecular weight excluding hydrogens is 420 g/mol. The Morgan fingerprint density at radius 1 is 0.935 bits per heavy atom. The number of hydrogen-bond donors (Lipinski definition) is 1. The normalized spacial score (nSPS) is 10.2. The molecular formula is C22H18N2O6S. The molecule has 9 heteroatoms.